The van der Waals surface area contributed by atoms with Crippen LogP contribution in [0.25, 0.3) is 0 Å². The van der Waals surface area contributed by atoms with Crippen molar-refractivity contribution in [2.45, 2.75) is 51.1 Å². The molecule has 0 unspecified atom stereocenters. The highest BCUT2D eigenvalue weighted by atomic mass is 16.2. The van der Waals surface area contributed by atoms with Crippen molar-refractivity contribution in [2.75, 3.05) is 11.9 Å². The van der Waals surface area contributed by atoms with Gasteiger partial charge in [-0.25, -0.2) is 0 Å². The van der Waals surface area contributed by atoms with Crippen LogP contribution < -0.4 is 10.6 Å². The number of para-hydroxylation sites is 1. The fourth-order valence-corrected chi connectivity index (χ4v) is 4.44. The molecule has 4 rings (SSSR count). The first-order chi connectivity index (χ1) is 15.1. The lowest BCUT2D eigenvalue weighted by atomic mass is 9.95. The van der Waals surface area contributed by atoms with Crippen LogP contribution in [0, 0.1) is 5.92 Å². The molecule has 31 heavy (non-hydrogen) atoms. The first kappa shape index (κ1) is 21.1. The van der Waals surface area contributed by atoms with Gasteiger partial charge in [0.2, 0.25) is 11.8 Å². The molecule has 1 saturated heterocycles. The third kappa shape index (κ3) is 5.32. The Labute approximate surface area is 183 Å². The molecule has 162 valence electrons. The zero-order chi connectivity index (χ0) is 21.6. The minimum absolute atomic E-state index is 0.0210. The molecule has 1 heterocycles. The van der Waals surface area contributed by atoms with Gasteiger partial charge in [0.25, 0.3) is 5.91 Å². The SMILES string of the molecule is O=C(NC1CCCCC1)c1ccccc1NC(=O)[C@@H]1CC(=O)N(Cc2ccccc2)C1. The summed E-state index contributed by atoms with van der Waals surface area (Å²) >= 11 is 0. The smallest absolute Gasteiger partial charge is 0.253 e. The third-order valence-corrected chi connectivity index (χ3v) is 6.17. The maximum absolute atomic E-state index is 12.9. The summed E-state index contributed by atoms with van der Waals surface area (Å²) in [5, 5.41) is 6.00. The summed E-state index contributed by atoms with van der Waals surface area (Å²) in [4.78, 5) is 39.9. The van der Waals surface area contributed by atoms with Gasteiger partial charge in [-0.3, -0.25) is 14.4 Å². The van der Waals surface area contributed by atoms with E-state index in [9.17, 15) is 14.4 Å². The second-order valence-corrected chi connectivity index (χ2v) is 8.50. The molecule has 1 aliphatic carbocycles. The van der Waals surface area contributed by atoms with Gasteiger partial charge in [0.1, 0.15) is 0 Å². The number of benzene rings is 2. The number of anilines is 1. The number of nitrogens with zero attached hydrogens (tertiary/aromatic N) is 1. The molecule has 2 aromatic rings. The summed E-state index contributed by atoms with van der Waals surface area (Å²) in [6, 6.07) is 17.0. The monoisotopic (exact) mass is 419 g/mol. The molecule has 2 aromatic carbocycles. The van der Waals surface area contributed by atoms with Gasteiger partial charge in [-0.15, -0.1) is 0 Å². The number of likely N-dealkylation sites (tertiary alicyclic amines) is 1. The van der Waals surface area contributed by atoms with Crippen molar-refractivity contribution in [3.8, 4) is 0 Å². The summed E-state index contributed by atoms with van der Waals surface area (Å²) in [5.41, 5.74) is 2.00. The molecule has 3 amide bonds. The van der Waals surface area contributed by atoms with E-state index in [1.165, 1.54) is 6.42 Å². The predicted molar refractivity (Wildman–Crippen MR) is 119 cm³/mol. The highest BCUT2D eigenvalue weighted by Crippen LogP contribution is 2.24. The van der Waals surface area contributed by atoms with E-state index in [4.69, 9.17) is 0 Å². The van der Waals surface area contributed by atoms with Crippen molar-refractivity contribution in [3.63, 3.8) is 0 Å². The molecule has 1 saturated carbocycles. The van der Waals surface area contributed by atoms with Crippen LogP contribution in [0.3, 0.4) is 0 Å². The number of carbonyl (C=O) groups is 3. The van der Waals surface area contributed by atoms with Crippen LogP contribution >= 0.6 is 0 Å². The van der Waals surface area contributed by atoms with E-state index in [2.05, 4.69) is 10.6 Å². The second kappa shape index (κ2) is 9.77. The largest absolute Gasteiger partial charge is 0.349 e. The maximum atomic E-state index is 12.9. The summed E-state index contributed by atoms with van der Waals surface area (Å²) in [7, 11) is 0. The average Bonchev–Trinajstić information content (AvgIpc) is 3.16. The summed E-state index contributed by atoms with van der Waals surface area (Å²) < 4.78 is 0. The maximum Gasteiger partial charge on any atom is 0.253 e. The Morgan fingerprint density at radius 1 is 0.935 bits per heavy atom. The number of amides is 3. The topological polar surface area (TPSA) is 78.5 Å². The summed E-state index contributed by atoms with van der Waals surface area (Å²) in [6.07, 6.45) is 5.69. The molecule has 6 heteroatoms. The summed E-state index contributed by atoms with van der Waals surface area (Å²) in [5.74, 6) is -0.823. The molecule has 6 nitrogen and oxygen atoms in total. The molecule has 1 atom stereocenters. The van der Waals surface area contributed by atoms with Gasteiger partial charge in [-0.05, 0) is 30.5 Å². The Kier molecular flexibility index (Phi) is 6.65. The van der Waals surface area contributed by atoms with Crippen molar-refractivity contribution >= 4 is 23.4 Å². The number of nitrogens with one attached hydrogen (secondary N) is 2. The van der Waals surface area contributed by atoms with Crippen molar-refractivity contribution < 1.29 is 14.4 Å². The fourth-order valence-electron chi connectivity index (χ4n) is 4.44. The normalized spacial score (nSPS) is 19.3. The molecule has 1 aliphatic heterocycles. The van der Waals surface area contributed by atoms with Gasteiger partial charge >= 0.3 is 0 Å². The molecule has 0 radical (unpaired) electrons. The predicted octanol–water partition coefficient (Wildman–Crippen LogP) is 3.74. The van der Waals surface area contributed by atoms with E-state index in [0.717, 1.165) is 31.2 Å². The van der Waals surface area contributed by atoms with Gasteiger partial charge in [-0.2, -0.15) is 0 Å². The minimum Gasteiger partial charge on any atom is -0.349 e. The molecule has 0 spiro atoms. The van der Waals surface area contributed by atoms with E-state index in [1.807, 2.05) is 30.3 Å². The molecule has 2 aliphatic rings. The lowest BCUT2D eigenvalue weighted by molar-refractivity contribution is -0.128. The number of hydrogen-bond donors (Lipinski definition) is 2. The lowest BCUT2D eigenvalue weighted by Gasteiger charge is -2.23. The van der Waals surface area contributed by atoms with Crippen LogP contribution in [0.15, 0.2) is 54.6 Å². The standard InChI is InChI=1S/C25H29N3O3/c29-23-15-19(17-28(23)16-18-9-3-1-4-10-18)24(30)27-22-14-8-7-13-21(22)25(31)26-20-11-5-2-6-12-20/h1,3-4,7-10,13-14,19-20H,2,5-6,11-12,15-17H2,(H,26,31)(H,27,30)/t19-/m1/s1. The van der Waals surface area contributed by atoms with Gasteiger partial charge in [0.15, 0.2) is 0 Å². The van der Waals surface area contributed by atoms with Crippen LogP contribution in [0.5, 0.6) is 0 Å². The highest BCUT2D eigenvalue weighted by molar-refractivity contribution is 6.05. The molecule has 2 N–H and O–H groups in total. The first-order valence-electron chi connectivity index (χ1n) is 11.1. The summed E-state index contributed by atoms with van der Waals surface area (Å²) in [6.45, 7) is 0.889. The second-order valence-electron chi connectivity index (χ2n) is 8.50. The van der Waals surface area contributed by atoms with Crippen LogP contribution in [0.2, 0.25) is 0 Å². The van der Waals surface area contributed by atoms with Gasteiger partial charge in [0, 0.05) is 25.6 Å². The number of carbonyl (C=O) groups excluding carboxylic acids is 3. The van der Waals surface area contributed by atoms with E-state index in [1.54, 1.807) is 29.2 Å². The van der Waals surface area contributed by atoms with Crippen molar-refractivity contribution in [1.29, 1.82) is 0 Å². The Hall–Kier alpha value is -3.15. The number of hydrogen-bond acceptors (Lipinski definition) is 3. The number of rotatable bonds is 6. The lowest BCUT2D eigenvalue weighted by Crippen LogP contribution is -2.36. The van der Waals surface area contributed by atoms with Crippen LogP contribution in [-0.4, -0.2) is 35.2 Å². The van der Waals surface area contributed by atoms with Gasteiger partial charge < -0.3 is 15.5 Å². The Bertz CT molecular complexity index is 938. The fraction of sp³-hybridized carbons (Fsp3) is 0.400. The quantitative estimate of drug-likeness (QED) is 0.749. The molecular weight excluding hydrogens is 390 g/mol. The third-order valence-electron chi connectivity index (χ3n) is 6.17. The van der Waals surface area contributed by atoms with Gasteiger partial charge in [-0.1, -0.05) is 61.7 Å². The van der Waals surface area contributed by atoms with Crippen LogP contribution in [0.4, 0.5) is 5.69 Å². The molecule has 0 bridgehead atoms. The van der Waals surface area contributed by atoms with Crippen molar-refractivity contribution in [2.24, 2.45) is 5.92 Å². The van der Waals surface area contributed by atoms with Crippen LogP contribution in [0.1, 0.15) is 54.4 Å². The minimum atomic E-state index is -0.425. The average molecular weight is 420 g/mol. The van der Waals surface area contributed by atoms with Crippen molar-refractivity contribution in [1.82, 2.24) is 10.2 Å². The zero-order valence-corrected chi connectivity index (χ0v) is 17.7. The Morgan fingerprint density at radius 2 is 1.65 bits per heavy atom. The first-order valence-corrected chi connectivity index (χ1v) is 11.1. The Morgan fingerprint density at radius 3 is 2.42 bits per heavy atom. The molecule has 0 aromatic heterocycles. The van der Waals surface area contributed by atoms with E-state index in [-0.39, 0.29) is 30.2 Å². The van der Waals surface area contributed by atoms with Gasteiger partial charge in [0.05, 0.1) is 17.2 Å². The van der Waals surface area contributed by atoms with E-state index >= 15 is 0 Å². The molecular formula is C25H29N3O3. The van der Waals surface area contributed by atoms with E-state index < -0.39 is 5.92 Å². The van der Waals surface area contributed by atoms with Crippen molar-refractivity contribution in [3.05, 3.63) is 65.7 Å². The van der Waals surface area contributed by atoms with Crippen LogP contribution in [-0.2, 0) is 16.1 Å². The Balaban J connectivity index is 1.38. The highest BCUT2D eigenvalue weighted by Gasteiger charge is 2.34. The zero-order valence-electron chi connectivity index (χ0n) is 17.7. The van der Waals surface area contributed by atoms with E-state index in [0.29, 0.717) is 24.3 Å². The molecule has 2 fully saturated rings.